The van der Waals surface area contributed by atoms with Crippen LogP contribution in [0.3, 0.4) is 0 Å². The normalized spacial score (nSPS) is 16.4. The standard InChI is InChI=1S/C29H35ClN4O3S/c1-38(36,37)34-16-8-15-32(21-23-9-3-2-4-10-23)17-18-33(22-25-12-5-6-14-28(25)34)29(35)27(31)20-24-11-7-13-26(30)19-24/h2-7,9-14,19,27H,8,15-18,20-22,31H2,1H3/t27-/m0/s1. The van der Waals surface area contributed by atoms with Crippen LogP contribution in [0.2, 0.25) is 5.02 Å². The van der Waals surface area contributed by atoms with E-state index in [4.69, 9.17) is 17.3 Å². The van der Waals surface area contributed by atoms with Gasteiger partial charge in [-0.15, -0.1) is 0 Å². The van der Waals surface area contributed by atoms with Gasteiger partial charge in [-0.25, -0.2) is 8.42 Å². The minimum atomic E-state index is -3.52. The van der Waals surface area contributed by atoms with Crippen LogP contribution in [0.4, 0.5) is 5.69 Å². The second kappa shape index (κ2) is 12.8. The average Bonchev–Trinajstić information content (AvgIpc) is 2.91. The summed E-state index contributed by atoms with van der Waals surface area (Å²) >= 11 is 6.14. The lowest BCUT2D eigenvalue weighted by Gasteiger charge is -2.30. The predicted octanol–water partition coefficient (Wildman–Crippen LogP) is 3.91. The molecule has 1 atom stereocenters. The van der Waals surface area contributed by atoms with Crippen molar-refractivity contribution >= 4 is 33.2 Å². The Balaban J connectivity index is 1.63. The molecule has 0 fully saturated rings. The van der Waals surface area contributed by atoms with E-state index in [0.29, 0.717) is 56.3 Å². The quantitative estimate of drug-likeness (QED) is 0.499. The number of nitrogens with zero attached hydrogens (tertiary/aromatic N) is 3. The monoisotopic (exact) mass is 554 g/mol. The number of benzene rings is 3. The predicted molar refractivity (Wildman–Crippen MR) is 154 cm³/mol. The van der Waals surface area contributed by atoms with Crippen molar-refractivity contribution in [3.63, 3.8) is 0 Å². The van der Waals surface area contributed by atoms with Gasteiger partial charge < -0.3 is 10.6 Å². The molecule has 1 heterocycles. The largest absolute Gasteiger partial charge is 0.336 e. The molecule has 7 nitrogen and oxygen atoms in total. The van der Waals surface area contributed by atoms with Crippen molar-refractivity contribution in [2.24, 2.45) is 5.73 Å². The smallest absolute Gasteiger partial charge is 0.240 e. The molecule has 1 aliphatic rings. The van der Waals surface area contributed by atoms with E-state index in [0.717, 1.165) is 11.1 Å². The zero-order valence-electron chi connectivity index (χ0n) is 21.7. The summed E-state index contributed by atoms with van der Waals surface area (Å²) < 4.78 is 27.1. The van der Waals surface area contributed by atoms with Crippen LogP contribution in [0.15, 0.2) is 78.9 Å². The Kier molecular flexibility index (Phi) is 9.44. The second-order valence-electron chi connectivity index (χ2n) is 9.78. The first-order valence-electron chi connectivity index (χ1n) is 12.8. The molecule has 1 aliphatic heterocycles. The number of fused-ring (bicyclic) bond motifs is 1. The van der Waals surface area contributed by atoms with Crippen LogP contribution >= 0.6 is 11.6 Å². The molecule has 4 rings (SSSR count). The van der Waals surface area contributed by atoms with Gasteiger partial charge in [0.15, 0.2) is 0 Å². The van der Waals surface area contributed by atoms with Gasteiger partial charge in [0.2, 0.25) is 15.9 Å². The molecular weight excluding hydrogens is 520 g/mol. The summed E-state index contributed by atoms with van der Waals surface area (Å²) in [6, 6.07) is 24.2. The van der Waals surface area contributed by atoms with Gasteiger partial charge in [0.25, 0.3) is 0 Å². The van der Waals surface area contributed by atoms with E-state index < -0.39 is 16.1 Å². The molecular formula is C29H35ClN4O3S. The van der Waals surface area contributed by atoms with Crippen molar-refractivity contribution in [2.45, 2.75) is 32.0 Å². The van der Waals surface area contributed by atoms with Crippen LogP contribution in [-0.4, -0.2) is 62.6 Å². The molecule has 38 heavy (non-hydrogen) atoms. The van der Waals surface area contributed by atoms with Crippen LogP contribution in [0, 0.1) is 0 Å². The number of carbonyl (C=O) groups excluding carboxylic acids is 1. The maximum absolute atomic E-state index is 13.7. The molecule has 0 saturated heterocycles. The lowest BCUT2D eigenvalue weighted by atomic mass is 10.0. The fourth-order valence-electron chi connectivity index (χ4n) is 4.88. The average molecular weight is 555 g/mol. The van der Waals surface area contributed by atoms with E-state index in [-0.39, 0.29) is 12.5 Å². The number of amides is 1. The first-order valence-corrected chi connectivity index (χ1v) is 15.0. The summed E-state index contributed by atoms with van der Waals surface area (Å²) in [6.07, 6.45) is 2.26. The molecule has 3 aromatic carbocycles. The van der Waals surface area contributed by atoms with Crippen molar-refractivity contribution in [2.75, 3.05) is 36.7 Å². The first-order chi connectivity index (χ1) is 18.2. The van der Waals surface area contributed by atoms with Gasteiger partial charge in [-0.3, -0.25) is 14.0 Å². The lowest BCUT2D eigenvalue weighted by Crippen LogP contribution is -2.47. The number of anilines is 1. The van der Waals surface area contributed by atoms with E-state index in [1.165, 1.54) is 16.1 Å². The third kappa shape index (κ3) is 7.57. The molecule has 0 radical (unpaired) electrons. The maximum Gasteiger partial charge on any atom is 0.240 e. The Hall–Kier alpha value is -2.91. The number of para-hydroxylation sites is 1. The zero-order chi connectivity index (χ0) is 27.1. The second-order valence-corrected chi connectivity index (χ2v) is 12.1. The highest BCUT2D eigenvalue weighted by molar-refractivity contribution is 7.92. The van der Waals surface area contributed by atoms with Gasteiger partial charge in [-0.05, 0) is 47.7 Å². The SMILES string of the molecule is CS(=O)(=O)N1CCCN(Cc2ccccc2)CCN(C(=O)[C@@H](N)Cc2cccc(Cl)c2)Cc2ccccc21. The van der Waals surface area contributed by atoms with Gasteiger partial charge >= 0.3 is 0 Å². The van der Waals surface area contributed by atoms with E-state index >= 15 is 0 Å². The number of nitrogens with two attached hydrogens (primary N) is 1. The molecule has 1 amide bonds. The van der Waals surface area contributed by atoms with Gasteiger partial charge in [0, 0.05) is 44.3 Å². The van der Waals surface area contributed by atoms with Crippen molar-refractivity contribution in [3.05, 3.63) is 101 Å². The summed E-state index contributed by atoms with van der Waals surface area (Å²) in [5.74, 6) is -0.176. The topological polar surface area (TPSA) is 87.0 Å². The third-order valence-electron chi connectivity index (χ3n) is 6.77. The molecule has 0 saturated carbocycles. The molecule has 0 unspecified atom stereocenters. The highest BCUT2D eigenvalue weighted by Crippen LogP contribution is 2.26. The van der Waals surface area contributed by atoms with Crippen LogP contribution in [0.25, 0.3) is 0 Å². The van der Waals surface area contributed by atoms with Gasteiger partial charge in [-0.2, -0.15) is 0 Å². The summed E-state index contributed by atoms with van der Waals surface area (Å²) in [7, 11) is -3.52. The molecule has 0 spiro atoms. The fraction of sp³-hybridized carbons (Fsp3) is 0.345. The van der Waals surface area contributed by atoms with Gasteiger partial charge in [0.05, 0.1) is 18.0 Å². The molecule has 0 aromatic heterocycles. The molecule has 3 aromatic rings. The minimum Gasteiger partial charge on any atom is -0.336 e. The highest BCUT2D eigenvalue weighted by atomic mass is 35.5. The number of sulfonamides is 1. The first kappa shape index (κ1) is 28.1. The summed E-state index contributed by atoms with van der Waals surface area (Å²) in [6.45, 7) is 3.16. The Morgan fingerprint density at radius 3 is 2.37 bits per heavy atom. The number of hydrogen-bond acceptors (Lipinski definition) is 5. The Bertz CT molecular complexity index is 1340. The van der Waals surface area contributed by atoms with E-state index in [1.54, 1.807) is 11.0 Å². The highest BCUT2D eigenvalue weighted by Gasteiger charge is 2.27. The number of rotatable bonds is 6. The molecule has 202 valence electrons. The zero-order valence-corrected chi connectivity index (χ0v) is 23.2. The van der Waals surface area contributed by atoms with Crippen LogP contribution in [0.5, 0.6) is 0 Å². The fourth-order valence-corrected chi connectivity index (χ4v) is 6.09. The third-order valence-corrected chi connectivity index (χ3v) is 8.18. The van der Waals surface area contributed by atoms with E-state index in [2.05, 4.69) is 17.0 Å². The van der Waals surface area contributed by atoms with Crippen molar-refractivity contribution in [1.29, 1.82) is 0 Å². The molecule has 2 N–H and O–H groups in total. The minimum absolute atomic E-state index is 0.176. The van der Waals surface area contributed by atoms with Crippen molar-refractivity contribution < 1.29 is 13.2 Å². The maximum atomic E-state index is 13.7. The van der Waals surface area contributed by atoms with Crippen molar-refractivity contribution in [3.8, 4) is 0 Å². The number of carbonyl (C=O) groups is 1. The summed E-state index contributed by atoms with van der Waals surface area (Å²) in [5.41, 5.74) is 9.88. The number of hydrogen-bond donors (Lipinski definition) is 1. The van der Waals surface area contributed by atoms with E-state index in [1.807, 2.05) is 60.7 Å². The van der Waals surface area contributed by atoms with Crippen LogP contribution in [-0.2, 0) is 34.3 Å². The molecule has 0 bridgehead atoms. The Morgan fingerprint density at radius 2 is 1.63 bits per heavy atom. The molecule has 9 heteroatoms. The van der Waals surface area contributed by atoms with Gasteiger partial charge in [-0.1, -0.05) is 72.3 Å². The van der Waals surface area contributed by atoms with E-state index in [9.17, 15) is 13.2 Å². The lowest BCUT2D eigenvalue weighted by molar-refractivity contribution is -0.133. The molecule has 0 aliphatic carbocycles. The Labute approximate surface area is 230 Å². The van der Waals surface area contributed by atoms with Gasteiger partial charge in [0.1, 0.15) is 0 Å². The summed E-state index contributed by atoms with van der Waals surface area (Å²) in [4.78, 5) is 17.7. The number of halogens is 1. The Morgan fingerprint density at radius 1 is 0.921 bits per heavy atom. The van der Waals surface area contributed by atoms with Crippen molar-refractivity contribution in [1.82, 2.24) is 9.80 Å². The summed E-state index contributed by atoms with van der Waals surface area (Å²) in [5, 5.41) is 0.601. The van der Waals surface area contributed by atoms with Crippen LogP contribution < -0.4 is 10.0 Å². The van der Waals surface area contributed by atoms with Crippen LogP contribution in [0.1, 0.15) is 23.1 Å².